The molecule has 172 valence electrons. The third kappa shape index (κ3) is 6.02. The molecule has 0 N–H and O–H groups in total. The van der Waals surface area contributed by atoms with Crippen molar-refractivity contribution in [3.63, 3.8) is 0 Å². The van der Waals surface area contributed by atoms with Crippen molar-refractivity contribution in [2.75, 3.05) is 70.9 Å². The van der Waals surface area contributed by atoms with Gasteiger partial charge in [-0.25, -0.2) is 0 Å². The highest BCUT2D eigenvalue weighted by atomic mass is 16.5. The third-order valence-electron chi connectivity index (χ3n) is 6.60. The highest BCUT2D eigenvalue weighted by molar-refractivity contribution is 5.78. The molecule has 0 aliphatic carbocycles. The number of carbonyl (C=O) groups is 1. The molecule has 2 aliphatic rings. The zero-order valence-electron chi connectivity index (χ0n) is 19.5. The van der Waals surface area contributed by atoms with Crippen molar-refractivity contribution in [1.29, 1.82) is 0 Å². The number of carbonyl (C=O) groups excluding carboxylic acids is 1. The summed E-state index contributed by atoms with van der Waals surface area (Å²) in [5, 5.41) is 0. The molecule has 0 radical (unpaired) electrons. The smallest absolute Gasteiger partial charge is 0.236 e. The second-order valence-corrected chi connectivity index (χ2v) is 8.96. The molecular weight excluding hydrogens is 400 g/mol. The molecule has 4 rings (SSSR count). The molecule has 2 fully saturated rings. The van der Waals surface area contributed by atoms with Gasteiger partial charge in [-0.2, -0.15) is 0 Å². The van der Waals surface area contributed by atoms with E-state index >= 15 is 0 Å². The average Bonchev–Trinajstić information content (AvgIpc) is 3.05. The van der Waals surface area contributed by atoms with Crippen molar-refractivity contribution < 1.29 is 9.53 Å². The first kappa shape index (κ1) is 22.6. The summed E-state index contributed by atoms with van der Waals surface area (Å²) in [5.74, 6) is 1.16. The Hall–Kier alpha value is -2.57. The summed E-state index contributed by atoms with van der Waals surface area (Å²) in [6.45, 7) is 11.1. The van der Waals surface area contributed by atoms with E-state index in [9.17, 15) is 4.79 Å². The number of hydrogen-bond donors (Lipinski definition) is 0. The molecule has 0 bridgehead atoms. The SMILES string of the molecule is COc1ccc(N2CCCN(CC(=O)N3CCN(Cc4cccc(C)c4)CC3)CC2)cc1. The van der Waals surface area contributed by atoms with Gasteiger partial charge in [0.15, 0.2) is 0 Å². The number of amides is 1. The number of piperazine rings is 1. The lowest BCUT2D eigenvalue weighted by atomic mass is 10.1. The van der Waals surface area contributed by atoms with Gasteiger partial charge < -0.3 is 14.5 Å². The first-order valence-corrected chi connectivity index (χ1v) is 11.8. The molecule has 2 saturated heterocycles. The minimum absolute atomic E-state index is 0.276. The molecule has 0 atom stereocenters. The maximum atomic E-state index is 12.9. The molecule has 2 aliphatic heterocycles. The largest absolute Gasteiger partial charge is 0.497 e. The number of benzene rings is 2. The first-order valence-electron chi connectivity index (χ1n) is 11.8. The fraction of sp³-hybridized carbons (Fsp3) is 0.500. The molecule has 0 unspecified atom stereocenters. The molecule has 2 aromatic rings. The lowest BCUT2D eigenvalue weighted by Gasteiger charge is -2.35. The number of anilines is 1. The number of ether oxygens (including phenoxy) is 1. The maximum absolute atomic E-state index is 12.9. The zero-order valence-corrected chi connectivity index (χ0v) is 19.5. The van der Waals surface area contributed by atoms with E-state index in [1.54, 1.807) is 7.11 Å². The maximum Gasteiger partial charge on any atom is 0.236 e. The highest BCUT2D eigenvalue weighted by Crippen LogP contribution is 2.20. The van der Waals surface area contributed by atoms with E-state index in [1.165, 1.54) is 16.8 Å². The molecule has 32 heavy (non-hydrogen) atoms. The Morgan fingerprint density at radius 1 is 0.875 bits per heavy atom. The van der Waals surface area contributed by atoms with E-state index < -0.39 is 0 Å². The summed E-state index contributed by atoms with van der Waals surface area (Å²) in [4.78, 5) is 22.2. The second-order valence-electron chi connectivity index (χ2n) is 8.96. The minimum Gasteiger partial charge on any atom is -0.497 e. The zero-order chi connectivity index (χ0) is 22.3. The van der Waals surface area contributed by atoms with E-state index in [4.69, 9.17) is 4.74 Å². The summed E-state index contributed by atoms with van der Waals surface area (Å²) in [5.41, 5.74) is 3.89. The summed E-state index contributed by atoms with van der Waals surface area (Å²) in [6, 6.07) is 17.0. The van der Waals surface area contributed by atoms with Crippen molar-refractivity contribution in [2.24, 2.45) is 0 Å². The van der Waals surface area contributed by atoms with Gasteiger partial charge in [0.1, 0.15) is 5.75 Å². The summed E-state index contributed by atoms with van der Waals surface area (Å²) >= 11 is 0. The van der Waals surface area contributed by atoms with Crippen molar-refractivity contribution in [3.05, 3.63) is 59.7 Å². The van der Waals surface area contributed by atoms with Crippen LogP contribution in [0.1, 0.15) is 17.5 Å². The molecule has 2 heterocycles. The Kier molecular flexibility index (Phi) is 7.66. The first-order chi connectivity index (χ1) is 15.6. The van der Waals surface area contributed by atoms with Crippen LogP contribution in [0.4, 0.5) is 5.69 Å². The van der Waals surface area contributed by atoms with Crippen LogP contribution in [0.3, 0.4) is 0 Å². The van der Waals surface area contributed by atoms with Crippen LogP contribution in [-0.2, 0) is 11.3 Å². The predicted octanol–water partition coefficient (Wildman–Crippen LogP) is 2.86. The second kappa shape index (κ2) is 10.8. The molecule has 2 aromatic carbocycles. The van der Waals surface area contributed by atoms with E-state index in [-0.39, 0.29) is 5.91 Å². The van der Waals surface area contributed by atoms with Crippen LogP contribution in [-0.4, -0.2) is 86.6 Å². The minimum atomic E-state index is 0.276. The van der Waals surface area contributed by atoms with Crippen LogP contribution in [0.5, 0.6) is 5.75 Å². The Morgan fingerprint density at radius 2 is 1.62 bits per heavy atom. The highest BCUT2D eigenvalue weighted by Gasteiger charge is 2.24. The number of methoxy groups -OCH3 is 1. The van der Waals surface area contributed by atoms with E-state index in [0.29, 0.717) is 6.54 Å². The van der Waals surface area contributed by atoms with Gasteiger partial charge in [-0.3, -0.25) is 14.6 Å². The normalized spacial score (nSPS) is 18.4. The van der Waals surface area contributed by atoms with E-state index in [0.717, 1.165) is 71.1 Å². The van der Waals surface area contributed by atoms with Crippen molar-refractivity contribution in [2.45, 2.75) is 19.9 Å². The van der Waals surface area contributed by atoms with Gasteiger partial charge in [-0.1, -0.05) is 29.8 Å². The number of hydrogen-bond acceptors (Lipinski definition) is 5. The van der Waals surface area contributed by atoms with Crippen molar-refractivity contribution >= 4 is 11.6 Å². The van der Waals surface area contributed by atoms with Gasteiger partial charge in [-0.05, 0) is 43.2 Å². The third-order valence-corrected chi connectivity index (χ3v) is 6.60. The van der Waals surface area contributed by atoms with Crippen molar-refractivity contribution in [3.8, 4) is 5.75 Å². The fourth-order valence-electron chi connectivity index (χ4n) is 4.70. The Labute approximate surface area is 192 Å². The molecule has 1 amide bonds. The lowest BCUT2D eigenvalue weighted by Crippen LogP contribution is -2.51. The molecule has 0 spiro atoms. The van der Waals surface area contributed by atoms with Gasteiger partial charge in [0.05, 0.1) is 13.7 Å². The van der Waals surface area contributed by atoms with Crippen molar-refractivity contribution in [1.82, 2.24) is 14.7 Å². The summed E-state index contributed by atoms with van der Waals surface area (Å²) in [6.07, 6.45) is 1.07. The van der Waals surface area contributed by atoms with Gasteiger partial charge in [0.25, 0.3) is 0 Å². The quantitative estimate of drug-likeness (QED) is 0.696. The van der Waals surface area contributed by atoms with Crippen LogP contribution in [0, 0.1) is 6.92 Å². The van der Waals surface area contributed by atoms with Crippen LogP contribution in [0.25, 0.3) is 0 Å². The van der Waals surface area contributed by atoms with Gasteiger partial charge >= 0.3 is 0 Å². The number of rotatable bonds is 6. The van der Waals surface area contributed by atoms with Gasteiger partial charge in [0.2, 0.25) is 5.91 Å². The standard InChI is InChI=1S/C26H36N4O2/c1-22-5-3-6-23(19-22)20-28-14-17-30(18-15-28)26(31)21-27-11-4-12-29(16-13-27)24-7-9-25(32-2)10-8-24/h3,5-10,19H,4,11-18,20-21H2,1-2H3. The van der Waals surface area contributed by atoms with Crippen LogP contribution >= 0.6 is 0 Å². The summed E-state index contributed by atoms with van der Waals surface area (Å²) in [7, 11) is 1.69. The summed E-state index contributed by atoms with van der Waals surface area (Å²) < 4.78 is 5.27. The van der Waals surface area contributed by atoms with Gasteiger partial charge in [-0.15, -0.1) is 0 Å². The fourth-order valence-corrected chi connectivity index (χ4v) is 4.70. The molecule has 0 aromatic heterocycles. The Bertz CT molecular complexity index is 878. The molecule has 6 nitrogen and oxygen atoms in total. The lowest BCUT2D eigenvalue weighted by molar-refractivity contribution is -0.134. The topological polar surface area (TPSA) is 39.3 Å². The van der Waals surface area contributed by atoms with Gasteiger partial charge in [0, 0.05) is 64.6 Å². The molecule has 0 saturated carbocycles. The van der Waals surface area contributed by atoms with E-state index in [2.05, 4.69) is 62.9 Å². The van der Waals surface area contributed by atoms with Crippen LogP contribution in [0.15, 0.2) is 48.5 Å². The Morgan fingerprint density at radius 3 is 2.34 bits per heavy atom. The molecular formula is C26H36N4O2. The Balaban J connectivity index is 1.22. The van der Waals surface area contributed by atoms with Crippen LogP contribution in [0.2, 0.25) is 0 Å². The monoisotopic (exact) mass is 436 g/mol. The van der Waals surface area contributed by atoms with Crippen LogP contribution < -0.4 is 9.64 Å². The van der Waals surface area contributed by atoms with E-state index in [1.807, 2.05) is 12.1 Å². The number of nitrogens with zero attached hydrogens (tertiary/aromatic N) is 4. The number of aryl methyl sites for hydroxylation is 1. The predicted molar refractivity (Wildman–Crippen MR) is 129 cm³/mol. The average molecular weight is 437 g/mol. The molecule has 6 heteroatoms.